The fraction of sp³-hybridized carbons (Fsp3) is 0.296. The summed E-state index contributed by atoms with van der Waals surface area (Å²) in [6.07, 6.45) is 1.04. The average molecular weight is 670 g/mol. The van der Waals surface area contributed by atoms with Gasteiger partial charge >= 0.3 is 0 Å². The Hall–Kier alpha value is -1.65. The first-order chi connectivity index (χ1) is 15.0. The van der Waals surface area contributed by atoms with Crippen molar-refractivity contribution in [2.45, 2.75) is 33.7 Å². The van der Waals surface area contributed by atoms with E-state index < -0.39 is 0 Å². The van der Waals surface area contributed by atoms with E-state index in [-0.39, 0.29) is 48.0 Å². The molecule has 4 rings (SSSR count). The van der Waals surface area contributed by atoms with Crippen LogP contribution < -0.4 is 40.0 Å². The maximum absolute atomic E-state index is 6.13. The van der Waals surface area contributed by atoms with Crippen molar-refractivity contribution >= 4 is 57.0 Å². The highest BCUT2D eigenvalue weighted by Gasteiger charge is 2.23. The van der Waals surface area contributed by atoms with Gasteiger partial charge in [-0.05, 0) is 56.5 Å². The lowest BCUT2D eigenvalue weighted by atomic mass is 9.98. The van der Waals surface area contributed by atoms with Crippen molar-refractivity contribution in [2.75, 3.05) is 31.6 Å². The second kappa shape index (κ2) is 13.9. The standard InChI is InChI=1S/C22H21N3.C5H13N.2HI/c1-2-12-25-21-14-17(24)9-11-19(21)18-10-8-16(23)13-20(18)22(25)15-6-4-3-5-7-15;1-4-6(3)5-2;;/h3-11,13-14,24H,2,12,23H2,1H3;4-5H2,1-3H3;2*1H. The van der Waals surface area contributed by atoms with Crippen LogP contribution in [0.1, 0.15) is 27.2 Å². The molecule has 1 aromatic heterocycles. The summed E-state index contributed by atoms with van der Waals surface area (Å²) >= 11 is 0. The van der Waals surface area contributed by atoms with Gasteiger partial charge in [-0.3, -0.25) is 0 Å². The zero-order valence-corrected chi connectivity index (χ0v) is 24.5. The van der Waals surface area contributed by atoms with Crippen LogP contribution in [0.3, 0.4) is 0 Å². The molecule has 0 amide bonds. The summed E-state index contributed by atoms with van der Waals surface area (Å²) in [4.78, 5) is 2.25. The van der Waals surface area contributed by atoms with E-state index >= 15 is 0 Å². The van der Waals surface area contributed by atoms with Gasteiger partial charge in [0.1, 0.15) is 6.54 Å². The number of fused-ring (bicyclic) bond motifs is 3. The second-order valence-corrected chi connectivity index (χ2v) is 7.94. The molecule has 0 aliphatic carbocycles. The molecule has 0 unspecified atom stereocenters. The Morgan fingerprint density at radius 3 is 1.88 bits per heavy atom. The van der Waals surface area contributed by atoms with Crippen LogP contribution in [0.5, 0.6) is 0 Å². The zero-order valence-electron chi connectivity index (χ0n) is 20.0. The largest absolute Gasteiger partial charge is 1.00 e. The van der Waals surface area contributed by atoms with E-state index in [4.69, 9.17) is 11.5 Å². The third kappa shape index (κ3) is 6.93. The van der Waals surface area contributed by atoms with Crippen molar-refractivity contribution in [3.8, 4) is 11.3 Å². The van der Waals surface area contributed by atoms with Crippen LogP contribution in [0.25, 0.3) is 32.9 Å². The number of anilines is 2. The Balaban J connectivity index is 0.000000608. The van der Waals surface area contributed by atoms with Gasteiger partial charge in [-0.2, -0.15) is 4.57 Å². The third-order valence-electron chi connectivity index (χ3n) is 5.75. The third-order valence-corrected chi connectivity index (χ3v) is 5.75. The van der Waals surface area contributed by atoms with E-state index in [2.05, 4.69) is 85.8 Å². The lowest BCUT2D eigenvalue weighted by Crippen LogP contribution is -3.00. The van der Waals surface area contributed by atoms with Gasteiger partial charge in [0.25, 0.3) is 0 Å². The number of halogens is 2. The van der Waals surface area contributed by atoms with Gasteiger partial charge in [0.15, 0.2) is 0 Å². The first kappa shape index (κ1) is 29.4. The molecule has 6 heteroatoms. The Bertz CT molecular complexity index is 1160. The molecule has 0 radical (unpaired) electrons. The summed E-state index contributed by atoms with van der Waals surface area (Å²) in [6, 6.07) is 22.8. The quantitative estimate of drug-likeness (QED) is 0.149. The van der Waals surface area contributed by atoms with Gasteiger partial charge in [0.05, 0.1) is 10.8 Å². The fourth-order valence-electron chi connectivity index (χ4n) is 3.85. The van der Waals surface area contributed by atoms with E-state index in [0.717, 1.165) is 42.9 Å². The summed E-state index contributed by atoms with van der Waals surface area (Å²) in [5, 5.41) is 3.59. The number of benzene rings is 3. The van der Waals surface area contributed by atoms with Gasteiger partial charge in [-0.25, -0.2) is 0 Å². The van der Waals surface area contributed by atoms with Crippen molar-refractivity contribution in [2.24, 2.45) is 0 Å². The number of nitrogen functional groups attached to an aromatic ring is 2. The summed E-state index contributed by atoms with van der Waals surface area (Å²) < 4.78 is 2.38. The number of nitrogens with zero attached hydrogens (tertiary/aromatic N) is 2. The number of nitrogens with two attached hydrogens (primary N) is 2. The number of aromatic nitrogens is 1. The average Bonchev–Trinajstić information content (AvgIpc) is 2.79. The highest BCUT2D eigenvalue weighted by atomic mass is 127. The van der Waals surface area contributed by atoms with Crippen molar-refractivity contribution in [1.82, 2.24) is 4.90 Å². The number of hydrogen-bond acceptors (Lipinski definition) is 3. The summed E-state index contributed by atoms with van der Waals surface area (Å²) in [7, 11) is 2.11. The predicted molar refractivity (Wildman–Crippen MR) is 150 cm³/mol. The monoisotopic (exact) mass is 670 g/mol. The molecule has 4 nitrogen and oxygen atoms in total. The molecule has 0 saturated carbocycles. The van der Waals surface area contributed by atoms with E-state index in [1.165, 1.54) is 27.4 Å². The summed E-state index contributed by atoms with van der Waals surface area (Å²) in [5.41, 5.74) is 17.4. The molecule has 33 heavy (non-hydrogen) atoms. The number of pyridine rings is 1. The zero-order chi connectivity index (χ0) is 22.4. The van der Waals surface area contributed by atoms with E-state index in [9.17, 15) is 0 Å². The van der Waals surface area contributed by atoms with E-state index in [1.54, 1.807) is 0 Å². The first-order valence-electron chi connectivity index (χ1n) is 11.2. The van der Waals surface area contributed by atoms with Crippen LogP contribution in [-0.2, 0) is 6.54 Å². The van der Waals surface area contributed by atoms with Gasteiger partial charge < -0.3 is 40.3 Å². The van der Waals surface area contributed by atoms with Crippen LogP contribution in [-0.4, -0.2) is 25.0 Å². The summed E-state index contributed by atoms with van der Waals surface area (Å²) in [6.45, 7) is 9.76. The molecule has 0 spiro atoms. The van der Waals surface area contributed by atoms with Crippen LogP contribution in [0.15, 0.2) is 66.7 Å². The fourth-order valence-corrected chi connectivity index (χ4v) is 3.85. The Kier molecular flexibility index (Phi) is 12.4. The molecular weight excluding hydrogens is 634 g/mol. The van der Waals surface area contributed by atoms with Gasteiger partial charge in [0.2, 0.25) is 11.2 Å². The van der Waals surface area contributed by atoms with Gasteiger partial charge in [-0.1, -0.05) is 45.0 Å². The molecule has 0 fully saturated rings. The lowest BCUT2D eigenvalue weighted by Gasteiger charge is -2.13. The van der Waals surface area contributed by atoms with Crippen molar-refractivity contribution in [3.05, 3.63) is 66.7 Å². The minimum atomic E-state index is 0. The Labute approximate surface area is 232 Å². The molecule has 3 aromatic carbocycles. The highest BCUT2D eigenvalue weighted by Crippen LogP contribution is 2.33. The number of aryl methyl sites for hydroxylation is 1. The van der Waals surface area contributed by atoms with Crippen LogP contribution in [0.2, 0.25) is 0 Å². The molecule has 0 aliphatic heterocycles. The molecule has 0 aliphatic rings. The van der Waals surface area contributed by atoms with E-state index in [1.807, 2.05) is 18.2 Å². The molecule has 4 N–H and O–H groups in total. The molecule has 1 heterocycles. The lowest BCUT2D eigenvalue weighted by molar-refractivity contribution is -0.659. The Morgan fingerprint density at radius 1 is 0.758 bits per heavy atom. The second-order valence-electron chi connectivity index (χ2n) is 7.94. The molecule has 0 saturated heterocycles. The normalized spacial score (nSPS) is 10.3. The maximum Gasteiger partial charge on any atom is 0.220 e. The molecular formula is C27H36I2N4. The molecule has 0 atom stereocenters. The van der Waals surface area contributed by atoms with Crippen LogP contribution in [0.4, 0.5) is 11.4 Å². The minimum absolute atomic E-state index is 0. The van der Waals surface area contributed by atoms with E-state index in [0.29, 0.717) is 0 Å². The minimum Gasteiger partial charge on any atom is -1.00 e. The maximum atomic E-state index is 6.13. The molecule has 4 aromatic rings. The topological polar surface area (TPSA) is 59.2 Å². The smallest absolute Gasteiger partial charge is 0.220 e. The predicted octanol–water partition coefficient (Wildman–Crippen LogP) is 3.10. The summed E-state index contributed by atoms with van der Waals surface area (Å²) in [5.74, 6) is 0. The SMILES string of the molecule is CCC[n+]1c(-c2ccccc2)c2cc(N)ccc2c2ccc(N)cc21.CCN(C)CC.I.[I-]. The van der Waals surface area contributed by atoms with Crippen molar-refractivity contribution in [3.63, 3.8) is 0 Å². The molecule has 0 bridgehead atoms. The number of hydrogen-bond donors (Lipinski definition) is 2. The van der Waals surface area contributed by atoms with Crippen molar-refractivity contribution in [1.29, 1.82) is 0 Å². The van der Waals surface area contributed by atoms with Crippen molar-refractivity contribution < 1.29 is 28.5 Å². The number of rotatable bonds is 5. The Morgan fingerprint density at radius 2 is 1.33 bits per heavy atom. The van der Waals surface area contributed by atoms with Crippen LogP contribution in [0, 0.1) is 0 Å². The van der Waals surface area contributed by atoms with Gasteiger partial charge in [0, 0.05) is 34.8 Å². The van der Waals surface area contributed by atoms with Gasteiger partial charge in [-0.15, -0.1) is 24.0 Å². The van der Waals surface area contributed by atoms with Crippen LogP contribution >= 0.6 is 24.0 Å². The highest BCUT2D eigenvalue weighted by molar-refractivity contribution is 14.0. The molecule has 178 valence electrons. The first-order valence-corrected chi connectivity index (χ1v) is 11.2.